The topological polar surface area (TPSA) is 26.6 Å². The average Bonchev–Trinajstić information content (AvgIpc) is 3.07. The van der Waals surface area contributed by atoms with Gasteiger partial charge in [0.2, 0.25) is 0 Å². The maximum Gasteiger partial charge on any atom is 0.573 e. The summed E-state index contributed by atoms with van der Waals surface area (Å²) in [6.45, 7) is 6.62. The number of nitrogens with zero attached hydrogens (tertiary/aromatic N) is 2. The van der Waals surface area contributed by atoms with Crippen molar-refractivity contribution in [3.8, 4) is 5.75 Å². The number of piperidine rings is 1. The quantitative estimate of drug-likeness (QED) is 0.655. The van der Waals surface area contributed by atoms with Gasteiger partial charge in [-0.05, 0) is 42.0 Å². The maximum absolute atomic E-state index is 12.3. The summed E-state index contributed by atoms with van der Waals surface area (Å²) in [6, 6.07) is 14.6. The zero-order chi connectivity index (χ0) is 19.7. The van der Waals surface area contributed by atoms with Gasteiger partial charge in [-0.15, -0.1) is 26.3 Å². The van der Waals surface area contributed by atoms with E-state index in [2.05, 4.69) is 46.1 Å². The van der Waals surface area contributed by atoms with E-state index in [9.17, 15) is 13.2 Å². The highest BCUT2D eigenvalue weighted by molar-refractivity contribution is 5.30. The van der Waals surface area contributed by atoms with Crippen LogP contribution in [0, 0.1) is 24.7 Å². The van der Waals surface area contributed by atoms with Gasteiger partial charge in [0.1, 0.15) is 5.75 Å². The molecule has 0 spiro atoms. The third kappa shape index (κ3) is 4.67. The zero-order valence-electron chi connectivity index (χ0n) is 15.8. The van der Waals surface area contributed by atoms with Gasteiger partial charge in [-0.3, -0.25) is 4.90 Å². The molecule has 3 nitrogen and oxygen atoms in total. The largest absolute Gasteiger partial charge is 0.658 e. The van der Waals surface area contributed by atoms with Crippen LogP contribution in [0.1, 0.15) is 16.7 Å². The van der Waals surface area contributed by atoms with E-state index in [0.717, 1.165) is 31.7 Å². The Morgan fingerprint density at radius 1 is 1.07 bits per heavy atom. The molecule has 2 aromatic carbocycles. The first kappa shape index (κ1) is 19.3. The van der Waals surface area contributed by atoms with Crippen LogP contribution >= 0.6 is 0 Å². The van der Waals surface area contributed by atoms with Gasteiger partial charge in [0.15, 0.2) is 0 Å². The van der Waals surface area contributed by atoms with E-state index in [1.54, 1.807) is 12.1 Å². The van der Waals surface area contributed by atoms with Gasteiger partial charge < -0.3 is 10.1 Å². The van der Waals surface area contributed by atoms with Crippen LogP contribution in [-0.4, -0.2) is 30.9 Å². The lowest BCUT2D eigenvalue weighted by molar-refractivity contribution is -0.274. The van der Waals surface area contributed by atoms with Crippen molar-refractivity contribution in [2.45, 2.75) is 26.4 Å². The molecule has 1 aliphatic heterocycles. The van der Waals surface area contributed by atoms with Crippen LogP contribution in [-0.2, 0) is 13.1 Å². The van der Waals surface area contributed by atoms with Crippen LogP contribution in [0.2, 0.25) is 0 Å². The van der Waals surface area contributed by atoms with Crippen molar-refractivity contribution in [3.63, 3.8) is 0 Å². The van der Waals surface area contributed by atoms with Gasteiger partial charge in [-0.25, -0.2) is 0 Å². The van der Waals surface area contributed by atoms with Crippen molar-refractivity contribution in [3.05, 3.63) is 70.5 Å². The normalized spacial score (nSPS) is 24.2. The number of aryl methyl sites for hydroxylation is 1. The number of hydrogen-bond acceptors (Lipinski definition) is 2. The summed E-state index contributed by atoms with van der Waals surface area (Å²) in [6.07, 6.45) is -4.66. The Bertz CT molecular complexity index is 811. The maximum atomic E-state index is 12.3. The van der Waals surface area contributed by atoms with Gasteiger partial charge >= 0.3 is 6.36 Å². The Morgan fingerprint density at radius 2 is 1.82 bits per heavy atom. The van der Waals surface area contributed by atoms with Gasteiger partial charge in [0.25, 0.3) is 0 Å². The fraction of sp³-hybridized carbons (Fsp3) is 0.455. The molecule has 2 aliphatic rings. The highest BCUT2D eigenvalue weighted by Crippen LogP contribution is 2.52. The predicted molar refractivity (Wildman–Crippen MR) is 102 cm³/mol. The summed E-state index contributed by atoms with van der Waals surface area (Å²) in [5.41, 5.74) is 3.48. The second kappa shape index (κ2) is 7.76. The Labute approximate surface area is 163 Å². The van der Waals surface area contributed by atoms with Crippen LogP contribution in [0.25, 0.3) is 5.32 Å². The second-order valence-electron chi connectivity index (χ2n) is 7.87. The van der Waals surface area contributed by atoms with Gasteiger partial charge in [0, 0.05) is 19.6 Å². The van der Waals surface area contributed by atoms with Crippen LogP contribution in [0.5, 0.6) is 5.75 Å². The first-order valence-corrected chi connectivity index (χ1v) is 9.64. The summed E-state index contributed by atoms with van der Waals surface area (Å²) in [4.78, 5) is 2.52. The van der Waals surface area contributed by atoms with Gasteiger partial charge in [-0.2, -0.15) is 0 Å². The van der Waals surface area contributed by atoms with Crippen LogP contribution < -0.4 is 4.74 Å². The summed E-state index contributed by atoms with van der Waals surface area (Å²) in [5, 5.41) is 4.59. The fourth-order valence-electron chi connectivity index (χ4n) is 4.35. The summed E-state index contributed by atoms with van der Waals surface area (Å²) < 4.78 is 40.9. The number of halogens is 3. The molecular formula is C22H24F3N2O-. The highest BCUT2D eigenvalue weighted by atomic mass is 19.4. The SMILES string of the molecule is Cc1ccccc1CN1CC2C(C[N-]Cc3cccc(OC(F)(F)F)c3)C2C1. The standard InChI is InChI=1S/C22H24F3N2O/c1-15-5-2-3-7-17(15)12-27-13-20-19(21(20)14-27)11-26-10-16-6-4-8-18(9-16)28-22(23,24)25/h2-9,19-21H,10-14H2,1H3/q-1. The van der Waals surface area contributed by atoms with Gasteiger partial charge in [-0.1, -0.05) is 47.9 Å². The highest BCUT2D eigenvalue weighted by Gasteiger charge is 2.52. The molecule has 2 aromatic rings. The number of ether oxygens (including phenoxy) is 1. The molecular weight excluding hydrogens is 365 g/mol. The molecule has 0 amide bonds. The van der Waals surface area contributed by atoms with E-state index in [0.29, 0.717) is 24.3 Å². The van der Waals surface area contributed by atoms with Crippen molar-refractivity contribution in [1.82, 2.24) is 4.90 Å². The molecule has 6 heteroatoms. The number of hydrogen-bond donors (Lipinski definition) is 0. The monoisotopic (exact) mass is 389 g/mol. The lowest BCUT2D eigenvalue weighted by atomic mass is 10.1. The first-order chi connectivity index (χ1) is 13.4. The number of benzene rings is 2. The molecule has 2 atom stereocenters. The van der Waals surface area contributed by atoms with E-state index in [1.165, 1.54) is 23.3 Å². The number of likely N-dealkylation sites (tertiary alicyclic amines) is 1. The number of fused-ring (bicyclic) bond motifs is 1. The van der Waals surface area contributed by atoms with Crippen molar-refractivity contribution in [1.29, 1.82) is 0 Å². The average molecular weight is 389 g/mol. The van der Waals surface area contributed by atoms with Crippen LogP contribution in [0.4, 0.5) is 13.2 Å². The summed E-state index contributed by atoms with van der Waals surface area (Å²) >= 11 is 0. The molecule has 0 bridgehead atoms. The van der Waals surface area contributed by atoms with Crippen molar-refractivity contribution in [2.75, 3.05) is 19.6 Å². The Balaban J connectivity index is 1.20. The smallest absolute Gasteiger partial charge is 0.573 e. The van der Waals surface area contributed by atoms with Crippen molar-refractivity contribution in [2.24, 2.45) is 17.8 Å². The molecule has 4 rings (SSSR count). The molecule has 1 aliphatic carbocycles. The first-order valence-electron chi connectivity index (χ1n) is 9.64. The van der Waals surface area contributed by atoms with E-state index in [4.69, 9.17) is 0 Å². The number of alkyl halides is 3. The Morgan fingerprint density at radius 3 is 2.54 bits per heavy atom. The lowest BCUT2D eigenvalue weighted by Gasteiger charge is -2.24. The van der Waals surface area contributed by atoms with Crippen molar-refractivity contribution >= 4 is 0 Å². The predicted octanol–water partition coefficient (Wildman–Crippen LogP) is 5.15. The third-order valence-electron chi connectivity index (χ3n) is 5.87. The molecule has 0 N–H and O–H groups in total. The molecule has 150 valence electrons. The van der Waals surface area contributed by atoms with E-state index in [1.807, 2.05) is 0 Å². The van der Waals surface area contributed by atoms with E-state index in [-0.39, 0.29) is 5.75 Å². The minimum absolute atomic E-state index is 0.185. The molecule has 0 aromatic heterocycles. The minimum atomic E-state index is -4.66. The molecule has 2 fully saturated rings. The number of rotatable bonds is 7. The van der Waals surface area contributed by atoms with Crippen LogP contribution in [0.3, 0.4) is 0 Å². The van der Waals surface area contributed by atoms with E-state index >= 15 is 0 Å². The molecule has 0 radical (unpaired) electrons. The molecule has 28 heavy (non-hydrogen) atoms. The lowest BCUT2D eigenvalue weighted by Crippen LogP contribution is -2.25. The molecule has 1 saturated carbocycles. The summed E-state index contributed by atoms with van der Waals surface area (Å²) in [7, 11) is 0. The Kier molecular flexibility index (Phi) is 5.34. The van der Waals surface area contributed by atoms with Crippen LogP contribution in [0.15, 0.2) is 48.5 Å². The minimum Gasteiger partial charge on any atom is -0.658 e. The zero-order valence-corrected chi connectivity index (χ0v) is 15.8. The third-order valence-corrected chi connectivity index (χ3v) is 5.87. The van der Waals surface area contributed by atoms with Gasteiger partial charge in [0.05, 0.1) is 0 Å². The van der Waals surface area contributed by atoms with E-state index < -0.39 is 6.36 Å². The molecule has 2 unspecified atom stereocenters. The molecule has 1 heterocycles. The Hall–Kier alpha value is -2.05. The second-order valence-corrected chi connectivity index (χ2v) is 7.87. The molecule has 1 saturated heterocycles. The van der Waals surface area contributed by atoms with Crippen molar-refractivity contribution < 1.29 is 17.9 Å². The summed E-state index contributed by atoms with van der Waals surface area (Å²) in [5.74, 6) is 1.87. The fourth-order valence-corrected chi connectivity index (χ4v) is 4.35.